The van der Waals surface area contributed by atoms with Gasteiger partial charge in [-0.25, -0.2) is 0 Å². The molecule has 4 aromatic carbocycles. The second-order valence-corrected chi connectivity index (χ2v) is 20.8. The molecule has 232 valence electrons. The summed E-state index contributed by atoms with van der Waals surface area (Å²) in [5.41, 5.74) is 0.984. The number of ether oxygens (including phenoxy) is 2. The van der Waals surface area contributed by atoms with Crippen LogP contribution >= 0.6 is 20.7 Å². The fraction of sp³-hybridized carbons (Fsp3) is 0.265. The van der Waals surface area contributed by atoms with E-state index in [1.807, 2.05) is 75.0 Å². The summed E-state index contributed by atoms with van der Waals surface area (Å²) in [5.74, 6) is 1.61. The zero-order chi connectivity index (χ0) is 31.7. The van der Waals surface area contributed by atoms with Gasteiger partial charge in [0, 0.05) is 29.8 Å². The first-order chi connectivity index (χ1) is 21.1. The average molecular weight is 682 g/mol. The molecular formula is C34H42N3O2P3S2. The van der Waals surface area contributed by atoms with Gasteiger partial charge in [-0.1, -0.05) is 91.2 Å². The summed E-state index contributed by atoms with van der Waals surface area (Å²) in [6, 6.07) is 37.6. The van der Waals surface area contributed by atoms with Crippen LogP contribution in [0.1, 0.15) is 39.7 Å². The Hall–Kier alpha value is -2.52. The van der Waals surface area contributed by atoms with Crippen molar-refractivity contribution < 1.29 is 9.47 Å². The lowest BCUT2D eigenvalue weighted by molar-refractivity contribution is 0.177. The maximum Gasteiger partial charge on any atom is 0.150 e. The zero-order valence-electron chi connectivity index (χ0n) is 26.2. The van der Waals surface area contributed by atoms with Crippen LogP contribution in [0.4, 0.5) is 0 Å². The molecule has 44 heavy (non-hydrogen) atoms. The van der Waals surface area contributed by atoms with Crippen LogP contribution in [-0.2, 0) is 23.6 Å². The van der Waals surface area contributed by atoms with E-state index in [1.54, 1.807) is 0 Å². The van der Waals surface area contributed by atoms with Crippen molar-refractivity contribution in [2.75, 3.05) is 13.7 Å². The number of nitrogens with zero attached hydrogens (tertiary/aromatic N) is 3. The van der Waals surface area contributed by atoms with Gasteiger partial charge in [-0.3, -0.25) is 9.29 Å². The summed E-state index contributed by atoms with van der Waals surface area (Å²) >= 11 is 11.8. The van der Waals surface area contributed by atoms with Crippen LogP contribution in [0.3, 0.4) is 0 Å². The van der Waals surface area contributed by atoms with Crippen molar-refractivity contribution in [1.82, 2.24) is 4.78 Å². The molecule has 0 heterocycles. The molecule has 3 atom stereocenters. The first-order valence-electron chi connectivity index (χ1n) is 14.7. The highest BCUT2D eigenvalue weighted by Gasteiger charge is 2.34. The minimum Gasteiger partial charge on any atom is -0.491 e. The Labute approximate surface area is 274 Å². The molecule has 0 spiro atoms. The Morgan fingerprint density at radius 3 is 1.80 bits per heavy atom. The van der Waals surface area contributed by atoms with Crippen LogP contribution in [0, 0.1) is 0 Å². The van der Waals surface area contributed by atoms with Crippen LogP contribution in [0.25, 0.3) is 0 Å². The van der Waals surface area contributed by atoms with Gasteiger partial charge in [0.05, 0.1) is 26.2 Å². The van der Waals surface area contributed by atoms with E-state index in [2.05, 4.69) is 91.7 Å². The van der Waals surface area contributed by atoms with Gasteiger partial charge < -0.3 is 9.47 Å². The predicted molar refractivity (Wildman–Crippen MR) is 202 cm³/mol. The molecule has 10 heteroatoms. The van der Waals surface area contributed by atoms with Gasteiger partial charge in [-0.05, 0) is 88.0 Å². The van der Waals surface area contributed by atoms with Crippen LogP contribution < -0.4 is 25.4 Å². The maximum absolute atomic E-state index is 6.73. The van der Waals surface area contributed by atoms with Gasteiger partial charge >= 0.3 is 0 Å². The molecule has 5 nitrogen and oxygen atoms in total. The summed E-state index contributed by atoms with van der Waals surface area (Å²) in [7, 11) is -0.593. The second-order valence-electron chi connectivity index (χ2n) is 10.9. The van der Waals surface area contributed by atoms with Crippen LogP contribution in [-0.4, -0.2) is 36.2 Å². The maximum atomic E-state index is 6.73. The topological polar surface area (TPSA) is 46.4 Å². The molecule has 4 rings (SSSR count). The Balaban J connectivity index is 1.81. The monoisotopic (exact) mass is 681 g/mol. The zero-order valence-corrected chi connectivity index (χ0v) is 30.7. The summed E-state index contributed by atoms with van der Waals surface area (Å²) in [6.45, 7) is 7.43. The normalized spacial score (nSPS) is 14.5. The minimum absolute atomic E-state index is 0.0950. The first-order valence-corrected chi connectivity index (χ1v) is 22.1. The van der Waals surface area contributed by atoms with E-state index in [-0.39, 0.29) is 6.10 Å². The lowest BCUT2D eigenvalue weighted by Gasteiger charge is -2.33. The average Bonchev–Trinajstić information content (AvgIpc) is 3.04. The molecule has 0 saturated heterocycles. The molecule has 0 amide bonds. The molecule has 0 aliphatic carbocycles. The fourth-order valence-electron chi connectivity index (χ4n) is 4.55. The largest absolute Gasteiger partial charge is 0.491 e. The molecule has 2 unspecified atom stereocenters. The van der Waals surface area contributed by atoms with Crippen molar-refractivity contribution in [3.05, 3.63) is 115 Å². The van der Waals surface area contributed by atoms with Crippen molar-refractivity contribution in [3.63, 3.8) is 0 Å². The highest BCUT2D eigenvalue weighted by Crippen LogP contribution is 2.57. The third kappa shape index (κ3) is 8.39. The van der Waals surface area contributed by atoms with E-state index in [1.165, 1.54) is 10.6 Å². The molecular weight excluding hydrogens is 639 g/mol. The van der Waals surface area contributed by atoms with Gasteiger partial charge in [0.1, 0.15) is 16.8 Å². The van der Waals surface area contributed by atoms with E-state index >= 15 is 0 Å². The van der Waals surface area contributed by atoms with E-state index in [4.69, 9.17) is 37.6 Å². The SMILES string of the molecule is CC[C@@](C)(Oc1ccc(C=NN(C)[PH](C)=S)cc1)[PH](=S)N=P(c1ccccc1)(c1ccccc1)c1ccc(OC(C)C)cc1. The van der Waals surface area contributed by atoms with Crippen molar-refractivity contribution >= 4 is 66.5 Å². The van der Waals surface area contributed by atoms with Gasteiger partial charge in [-0.15, -0.1) is 0 Å². The van der Waals surface area contributed by atoms with Crippen molar-refractivity contribution in [2.24, 2.45) is 9.62 Å². The van der Waals surface area contributed by atoms with Crippen LogP contribution in [0.2, 0.25) is 0 Å². The highest BCUT2D eigenvalue weighted by molar-refractivity contribution is 8.08. The van der Waals surface area contributed by atoms with Gasteiger partial charge in [0.15, 0.2) is 0 Å². The first kappa shape index (κ1) is 34.4. The van der Waals surface area contributed by atoms with E-state index in [9.17, 15) is 0 Å². The molecule has 0 fully saturated rings. The van der Waals surface area contributed by atoms with Crippen LogP contribution in [0.5, 0.6) is 11.5 Å². The molecule has 0 N–H and O–H groups in total. The quantitative estimate of drug-likeness (QED) is 0.0809. The molecule has 0 aliphatic heterocycles. The standard InChI is InChI=1S/C34H42N3O2P3S2/c1-7-34(4,39-30-20-18-28(19-21-30)26-35-37(5)40(6)43)41(44)36-42(31-14-10-8-11-15-31,32-16-12-9-13-17-32)33-24-22-29(23-25-33)38-27(2)3/h8-27,40-41H,7H2,1-6H3/t34-/m0/s1. The van der Waals surface area contributed by atoms with E-state index in [0.717, 1.165) is 28.8 Å². The second kappa shape index (κ2) is 15.7. The number of hydrazone groups is 1. The summed E-state index contributed by atoms with van der Waals surface area (Å²) in [4.78, 5) is 0. The van der Waals surface area contributed by atoms with Gasteiger partial charge in [0.2, 0.25) is 0 Å². The summed E-state index contributed by atoms with van der Waals surface area (Å²) in [6.07, 6.45) is 2.65. The lowest BCUT2D eigenvalue weighted by Crippen LogP contribution is -2.28. The highest BCUT2D eigenvalue weighted by atomic mass is 32.4. The molecule has 4 aromatic rings. The third-order valence-corrected chi connectivity index (χ3v) is 17.5. The molecule has 0 aromatic heterocycles. The van der Waals surface area contributed by atoms with E-state index < -0.39 is 26.1 Å². The Morgan fingerprint density at radius 1 is 0.818 bits per heavy atom. The van der Waals surface area contributed by atoms with Crippen molar-refractivity contribution in [2.45, 2.75) is 45.6 Å². The number of rotatable bonds is 13. The van der Waals surface area contributed by atoms with Crippen molar-refractivity contribution in [3.8, 4) is 11.5 Å². The Kier molecular flexibility index (Phi) is 12.2. The number of hydrogen-bond donors (Lipinski definition) is 0. The van der Waals surface area contributed by atoms with Crippen molar-refractivity contribution in [1.29, 1.82) is 0 Å². The van der Waals surface area contributed by atoms with E-state index in [0.29, 0.717) is 0 Å². The minimum atomic E-state index is -2.51. The Morgan fingerprint density at radius 2 is 1.32 bits per heavy atom. The number of hydrogen-bond acceptors (Lipinski definition) is 5. The fourth-order valence-corrected chi connectivity index (χ4v) is 13.1. The Bertz CT molecular complexity index is 1610. The van der Waals surface area contributed by atoms with Gasteiger partial charge in [0.25, 0.3) is 0 Å². The number of benzene rings is 4. The smallest absolute Gasteiger partial charge is 0.150 e. The third-order valence-electron chi connectivity index (χ3n) is 7.27. The lowest BCUT2D eigenvalue weighted by atomic mass is 10.2. The predicted octanol–water partition coefficient (Wildman–Crippen LogP) is 8.23. The summed E-state index contributed by atoms with van der Waals surface area (Å²) < 4.78 is 20.3. The van der Waals surface area contributed by atoms with Crippen LogP contribution in [0.15, 0.2) is 119 Å². The molecule has 0 bridgehead atoms. The molecule has 0 radical (unpaired) electrons. The molecule has 0 saturated carbocycles. The summed E-state index contributed by atoms with van der Waals surface area (Å²) in [5, 5.41) is 7.31. The van der Waals surface area contributed by atoms with Gasteiger partial charge in [-0.2, -0.15) is 5.10 Å². The molecule has 0 aliphatic rings.